The van der Waals surface area contributed by atoms with E-state index in [9.17, 15) is 0 Å². The average Bonchev–Trinajstić information content (AvgIpc) is 2.52. The van der Waals surface area contributed by atoms with E-state index in [4.69, 9.17) is 10.5 Å². The predicted molar refractivity (Wildman–Crippen MR) is 66.6 cm³/mol. The Morgan fingerprint density at radius 2 is 2.19 bits per heavy atom. The predicted octanol–water partition coefficient (Wildman–Crippen LogP) is 1.40. The first-order valence-electron chi connectivity index (χ1n) is 5.83. The Labute approximate surface area is 97.0 Å². The molecule has 0 unspecified atom stereocenters. The van der Waals surface area contributed by atoms with Gasteiger partial charge in [-0.3, -0.25) is 4.68 Å². The number of nitrogen functional groups attached to an aromatic ring is 1. The number of rotatable bonds is 7. The lowest BCUT2D eigenvalue weighted by Gasteiger charge is -2.07. The Hall–Kier alpha value is -1.23. The van der Waals surface area contributed by atoms with Crippen molar-refractivity contribution in [2.45, 2.75) is 26.7 Å². The van der Waals surface area contributed by atoms with Gasteiger partial charge in [0.25, 0.3) is 0 Å². The second-order valence-electron chi connectivity index (χ2n) is 3.71. The maximum atomic E-state index is 6.02. The minimum Gasteiger partial charge on any atom is -0.394 e. The van der Waals surface area contributed by atoms with Crippen LogP contribution < -0.4 is 11.1 Å². The van der Waals surface area contributed by atoms with Crippen molar-refractivity contribution in [3.05, 3.63) is 5.69 Å². The van der Waals surface area contributed by atoms with Crippen molar-refractivity contribution in [3.8, 4) is 0 Å². The summed E-state index contributed by atoms with van der Waals surface area (Å²) >= 11 is 0. The number of anilines is 2. The van der Waals surface area contributed by atoms with Crippen LogP contribution in [0.3, 0.4) is 0 Å². The Kier molecular flexibility index (Phi) is 5.11. The van der Waals surface area contributed by atoms with Crippen LogP contribution in [0.2, 0.25) is 0 Å². The van der Waals surface area contributed by atoms with Gasteiger partial charge in [0.2, 0.25) is 0 Å². The molecule has 0 radical (unpaired) electrons. The van der Waals surface area contributed by atoms with Crippen LogP contribution in [0.5, 0.6) is 0 Å². The van der Waals surface area contributed by atoms with Gasteiger partial charge in [0.15, 0.2) is 0 Å². The fourth-order valence-electron chi connectivity index (χ4n) is 1.61. The quantitative estimate of drug-likeness (QED) is 0.690. The minimum absolute atomic E-state index is 0.685. The molecule has 16 heavy (non-hydrogen) atoms. The monoisotopic (exact) mass is 226 g/mol. The topological polar surface area (TPSA) is 65.1 Å². The lowest BCUT2D eigenvalue weighted by Crippen LogP contribution is -2.12. The number of nitrogens with one attached hydrogen (secondary N) is 1. The van der Waals surface area contributed by atoms with Crippen LogP contribution in [0.1, 0.15) is 26.0 Å². The highest BCUT2D eigenvalue weighted by Gasteiger charge is 2.11. The van der Waals surface area contributed by atoms with Gasteiger partial charge in [-0.1, -0.05) is 13.3 Å². The second kappa shape index (κ2) is 6.37. The van der Waals surface area contributed by atoms with Gasteiger partial charge in [0, 0.05) is 20.2 Å². The number of ether oxygens (including phenoxy) is 1. The Morgan fingerprint density at radius 1 is 1.44 bits per heavy atom. The summed E-state index contributed by atoms with van der Waals surface area (Å²) in [5, 5.41) is 7.63. The van der Waals surface area contributed by atoms with Gasteiger partial charge in [0.05, 0.1) is 18.0 Å². The van der Waals surface area contributed by atoms with Crippen LogP contribution in [0, 0.1) is 0 Å². The first-order valence-corrected chi connectivity index (χ1v) is 5.83. The van der Waals surface area contributed by atoms with Gasteiger partial charge >= 0.3 is 0 Å². The van der Waals surface area contributed by atoms with E-state index in [1.165, 1.54) is 0 Å². The Morgan fingerprint density at radius 3 is 2.81 bits per heavy atom. The van der Waals surface area contributed by atoms with Gasteiger partial charge < -0.3 is 15.8 Å². The van der Waals surface area contributed by atoms with Crippen molar-refractivity contribution >= 4 is 11.5 Å². The molecular weight excluding hydrogens is 204 g/mol. The van der Waals surface area contributed by atoms with Crippen LogP contribution in [0.15, 0.2) is 0 Å². The molecule has 0 bridgehead atoms. The van der Waals surface area contributed by atoms with Crippen LogP contribution in [-0.4, -0.2) is 29.5 Å². The maximum Gasteiger partial charge on any atom is 0.147 e. The number of nitrogens with zero attached hydrogens (tertiary/aromatic N) is 2. The lowest BCUT2D eigenvalue weighted by molar-refractivity contribution is 0.158. The molecule has 0 aliphatic carbocycles. The first kappa shape index (κ1) is 12.8. The molecule has 0 atom stereocenters. The molecule has 0 amide bonds. The van der Waals surface area contributed by atoms with Gasteiger partial charge in [-0.25, -0.2) is 0 Å². The van der Waals surface area contributed by atoms with Crippen LogP contribution in [0.25, 0.3) is 0 Å². The molecule has 1 aromatic heterocycles. The summed E-state index contributed by atoms with van der Waals surface area (Å²) in [5.74, 6) is 0.892. The summed E-state index contributed by atoms with van der Waals surface area (Å²) in [5.41, 5.74) is 7.76. The summed E-state index contributed by atoms with van der Waals surface area (Å²) in [4.78, 5) is 0. The average molecular weight is 226 g/mol. The molecule has 0 saturated heterocycles. The molecule has 3 N–H and O–H groups in total. The second-order valence-corrected chi connectivity index (χ2v) is 3.71. The Balaban J connectivity index is 2.57. The molecule has 1 heterocycles. The highest BCUT2D eigenvalue weighted by Crippen LogP contribution is 2.22. The molecule has 0 aliphatic rings. The maximum absolute atomic E-state index is 6.02. The molecule has 1 aromatic rings. The molecule has 92 valence electrons. The lowest BCUT2D eigenvalue weighted by atomic mass is 10.2. The zero-order valence-corrected chi connectivity index (χ0v) is 10.4. The molecule has 0 aromatic carbocycles. The fourth-order valence-corrected chi connectivity index (χ4v) is 1.61. The van der Waals surface area contributed by atoms with E-state index in [2.05, 4.69) is 17.3 Å². The molecular formula is C11H22N4O. The van der Waals surface area contributed by atoms with E-state index in [1.54, 1.807) is 4.68 Å². The Bertz CT molecular complexity index is 322. The molecule has 0 aliphatic heterocycles. The van der Waals surface area contributed by atoms with Gasteiger partial charge in [-0.15, -0.1) is 0 Å². The minimum atomic E-state index is 0.685. The van der Waals surface area contributed by atoms with E-state index < -0.39 is 0 Å². The normalized spacial score (nSPS) is 10.7. The molecule has 0 saturated carbocycles. The van der Waals surface area contributed by atoms with E-state index >= 15 is 0 Å². The number of aryl methyl sites for hydroxylation is 2. The van der Waals surface area contributed by atoms with E-state index in [1.807, 2.05) is 14.0 Å². The summed E-state index contributed by atoms with van der Waals surface area (Å²) in [6, 6.07) is 0. The number of hydrogen-bond acceptors (Lipinski definition) is 4. The third-order valence-corrected chi connectivity index (χ3v) is 2.39. The largest absolute Gasteiger partial charge is 0.394 e. The molecule has 0 fully saturated rings. The molecule has 5 nitrogen and oxygen atoms in total. The summed E-state index contributed by atoms with van der Waals surface area (Å²) < 4.78 is 7.05. The zero-order valence-electron chi connectivity index (χ0n) is 10.4. The van der Waals surface area contributed by atoms with Crippen LogP contribution in [-0.2, 0) is 18.2 Å². The molecule has 1 rings (SSSR count). The van der Waals surface area contributed by atoms with Gasteiger partial charge in [-0.2, -0.15) is 5.10 Å². The van der Waals surface area contributed by atoms with Crippen molar-refractivity contribution in [2.24, 2.45) is 7.05 Å². The smallest absolute Gasteiger partial charge is 0.147 e. The fraction of sp³-hybridized carbons (Fsp3) is 0.727. The number of nitrogens with two attached hydrogens (primary N) is 1. The SMILES string of the molecule is CCCc1nn(C)c(NCCOCC)c1N. The summed E-state index contributed by atoms with van der Waals surface area (Å²) in [7, 11) is 1.90. The number of aromatic nitrogens is 2. The first-order chi connectivity index (χ1) is 7.70. The van der Waals surface area contributed by atoms with Crippen molar-refractivity contribution < 1.29 is 4.74 Å². The van der Waals surface area contributed by atoms with E-state index in [-0.39, 0.29) is 0 Å². The highest BCUT2D eigenvalue weighted by atomic mass is 16.5. The van der Waals surface area contributed by atoms with E-state index in [0.29, 0.717) is 6.61 Å². The van der Waals surface area contributed by atoms with Crippen molar-refractivity contribution in [2.75, 3.05) is 30.8 Å². The van der Waals surface area contributed by atoms with Crippen LogP contribution >= 0.6 is 0 Å². The van der Waals surface area contributed by atoms with Gasteiger partial charge in [0.1, 0.15) is 5.82 Å². The standard InChI is InChI=1S/C11H22N4O/c1-4-6-9-10(12)11(15(3)14-9)13-7-8-16-5-2/h13H,4-8,12H2,1-3H3. The van der Waals surface area contributed by atoms with E-state index in [0.717, 1.165) is 43.2 Å². The van der Waals surface area contributed by atoms with Crippen molar-refractivity contribution in [3.63, 3.8) is 0 Å². The van der Waals surface area contributed by atoms with Crippen molar-refractivity contribution in [1.29, 1.82) is 0 Å². The number of hydrogen-bond donors (Lipinski definition) is 2. The van der Waals surface area contributed by atoms with Crippen LogP contribution in [0.4, 0.5) is 11.5 Å². The molecule has 5 heteroatoms. The third kappa shape index (κ3) is 3.13. The molecule has 0 spiro atoms. The van der Waals surface area contributed by atoms with Gasteiger partial charge in [-0.05, 0) is 13.3 Å². The summed E-state index contributed by atoms with van der Waals surface area (Å²) in [6.45, 7) is 6.28. The zero-order chi connectivity index (χ0) is 12.0. The van der Waals surface area contributed by atoms with Crippen molar-refractivity contribution in [1.82, 2.24) is 9.78 Å². The third-order valence-electron chi connectivity index (χ3n) is 2.39. The highest BCUT2D eigenvalue weighted by molar-refractivity contribution is 5.64. The summed E-state index contributed by atoms with van der Waals surface area (Å²) in [6.07, 6.45) is 1.98.